The number of aromatic amines is 1. The first kappa shape index (κ1) is 17.8. The van der Waals surface area contributed by atoms with Gasteiger partial charge in [-0.2, -0.15) is 10.2 Å². The third kappa shape index (κ3) is 2.66. The van der Waals surface area contributed by atoms with Gasteiger partial charge in [0.05, 0.1) is 35.0 Å². The molecule has 1 aliphatic heterocycles. The van der Waals surface area contributed by atoms with Gasteiger partial charge in [-0.25, -0.2) is 18.4 Å². The third-order valence-electron chi connectivity index (χ3n) is 5.83. The lowest BCUT2D eigenvalue weighted by atomic mass is 9.98. The van der Waals surface area contributed by atoms with E-state index in [0.29, 0.717) is 29.7 Å². The molecule has 0 fully saturated rings. The van der Waals surface area contributed by atoms with Crippen LogP contribution >= 0.6 is 0 Å². The molecule has 0 aromatic carbocycles. The normalized spacial score (nSPS) is 16.2. The topological polar surface area (TPSA) is 83.6 Å². The van der Waals surface area contributed by atoms with Gasteiger partial charge in [-0.1, -0.05) is 6.07 Å². The van der Waals surface area contributed by atoms with Gasteiger partial charge in [0.25, 0.3) is 5.91 Å². The molecule has 9 heteroatoms. The van der Waals surface area contributed by atoms with Gasteiger partial charge in [-0.05, 0) is 36.8 Å². The first-order valence-electron chi connectivity index (χ1n) is 10.0. The van der Waals surface area contributed by atoms with Gasteiger partial charge in [0, 0.05) is 31.1 Å². The number of amides is 1. The van der Waals surface area contributed by atoms with E-state index in [1.54, 1.807) is 40.3 Å². The summed E-state index contributed by atoms with van der Waals surface area (Å²) in [5.41, 5.74) is 4.93. The lowest BCUT2D eigenvalue weighted by molar-refractivity contribution is 0.0689. The maximum absolute atomic E-state index is 14.3. The van der Waals surface area contributed by atoms with Crippen molar-refractivity contribution in [2.45, 2.75) is 19.4 Å². The van der Waals surface area contributed by atoms with Crippen LogP contribution in [0.3, 0.4) is 0 Å². The van der Waals surface area contributed by atoms with Crippen molar-refractivity contribution in [1.29, 1.82) is 0 Å². The predicted molar refractivity (Wildman–Crippen MR) is 110 cm³/mol. The number of rotatable bonds is 2. The van der Waals surface area contributed by atoms with E-state index in [2.05, 4.69) is 20.2 Å². The smallest absolute Gasteiger partial charge is 0.258 e. The quantitative estimate of drug-likeness (QED) is 0.481. The van der Waals surface area contributed by atoms with Gasteiger partial charge in [0.2, 0.25) is 0 Å². The molecule has 0 saturated carbocycles. The number of carbonyl (C=O) groups is 1. The Morgan fingerprint density at radius 1 is 1.23 bits per heavy atom. The highest BCUT2D eigenvalue weighted by Crippen LogP contribution is 2.35. The molecule has 1 atom stereocenters. The molecule has 6 heterocycles. The number of hydrogen-bond acceptors (Lipinski definition) is 4. The van der Waals surface area contributed by atoms with Gasteiger partial charge in [-0.15, -0.1) is 0 Å². The summed E-state index contributed by atoms with van der Waals surface area (Å²) in [6, 6.07) is 8.01. The molecule has 5 aromatic rings. The Morgan fingerprint density at radius 2 is 2.13 bits per heavy atom. The molecule has 5 aromatic heterocycles. The number of aromatic nitrogens is 6. The zero-order valence-corrected chi connectivity index (χ0v) is 16.7. The molecule has 154 valence electrons. The number of hydrogen-bond donors (Lipinski definition) is 1. The maximum Gasteiger partial charge on any atom is 0.258 e. The minimum Gasteiger partial charge on any atom is -0.348 e. The van der Waals surface area contributed by atoms with E-state index in [0.717, 1.165) is 22.5 Å². The van der Waals surface area contributed by atoms with Crippen molar-refractivity contribution in [3.63, 3.8) is 0 Å². The molecule has 0 aliphatic carbocycles. The van der Waals surface area contributed by atoms with Gasteiger partial charge in [0.1, 0.15) is 17.4 Å². The lowest BCUT2D eigenvalue weighted by Crippen LogP contribution is -2.41. The molecular formula is C22H18FN7O. The summed E-state index contributed by atoms with van der Waals surface area (Å²) in [4.78, 5) is 23.1. The van der Waals surface area contributed by atoms with E-state index in [4.69, 9.17) is 0 Å². The number of H-pyrrole nitrogens is 1. The van der Waals surface area contributed by atoms with Crippen molar-refractivity contribution >= 4 is 16.9 Å². The number of carbonyl (C=O) groups excluding carboxylic acids is 1. The third-order valence-corrected chi connectivity index (χ3v) is 5.83. The molecule has 31 heavy (non-hydrogen) atoms. The summed E-state index contributed by atoms with van der Waals surface area (Å²) >= 11 is 0. The van der Waals surface area contributed by atoms with E-state index in [1.165, 1.54) is 10.6 Å². The second kappa shape index (κ2) is 6.49. The van der Waals surface area contributed by atoms with Crippen LogP contribution in [0.25, 0.3) is 11.0 Å². The Bertz CT molecular complexity index is 1460. The van der Waals surface area contributed by atoms with Gasteiger partial charge < -0.3 is 9.88 Å². The summed E-state index contributed by atoms with van der Waals surface area (Å²) in [7, 11) is 0. The molecule has 8 nitrogen and oxygen atoms in total. The Morgan fingerprint density at radius 3 is 3.00 bits per heavy atom. The molecule has 0 bridgehead atoms. The minimum atomic E-state index is -0.526. The number of aryl methyl sites for hydroxylation is 1. The zero-order chi connectivity index (χ0) is 21.1. The molecule has 1 amide bonds. The van der Waals surface area contributed by atoms with E-state index in [-0.39, 0.29) is 11.7 Å². The SMILES string of the molecule is Cc1ccc2c(C(=O)N3CCc4[nH]cnc4[C@H]3c3cc4c(F)cccn4n3)cnn2c1. The monoisotopic (exact) mass is 415 g/mol. The first-order valence-corrected chi connectivity index (χ1v) is 10.0. The number of pyridine rings is 2. The Balaban J connectivity index is 1.49. The van der Waals surface area contributed by atoms with Gasteiger partial charge in [0.15, 0.2) is 0 Å². The van der Waals surface area contributed by atoms with Crippen LogP contribution in [-0.2, 0) is 6.42 Å². The molecule has 6 rings (SSSR count). The second-order valence-corrected chi connectivity index (χ2v) is 7.77. The second-order valence-electron chi connectivity index (χ2n) is 7.77. The summed E-state index contributed by atoms with van der Waals surface area (Å²) in [5.74, 6) is -0.523. The summed E-state index contributed by atoms with van der Waals surface area (Å²) in [5, 5.41) is 8.92. The highest BCUT2D eigenvalue weighted by Gasteiger charge is 2.37. The summed E-state index contributed by atoms with van der Waals surface area (Å²) < 4.78 is 17.5. The Labute approximate surface area is 175 Å². The van der Waals surface area contributed by atoms with Crippen molar-refractivity contribution in [2.75, 3.05) is 6.54 Å². The summed E-state index contributed by atoms with van der Waals surface area (Å²) in [6.45, 7) is 2.46. The number of fused-ring (bicyclic) bond motifs is 3. The van der Waals surface area contributed by atoms with Crippen LogP contribution in [0.15, 0.2) is 55.2 Å². The van der Waals surface area contributed by atoms with Crippen molar-refractivity contribution in [3.8, 4) is 0 Å². The minimum absolute atomic E-state index is 0.157. The predicted octanol–water partition coefficient (Wildman–Crippen LogP) is 2.94. The van der Waals surface area contributed by atoms with E-state index in [9.17, 15) is 9.18 Å². The summed E-state index contributed by atoms with van der Waals surface area (Å²) in [6.07, 6.45) is 7.45. The largest absolute Gasteiger partial charge is 0.348 e. The van der Waals surface area contributed by atoms with Crippen LogP contribution in [0.1, 0.15) is 39.0 Å². The zero-order valence-electron chi connectivity index (χ0n) is 16.7. The highest BCUT2D eigenvalue weighted by molar-refractivity contribution is 6.01. The lowest BCUT2D eigenvalue weighted by Gasteiger charge is -2.33. The van der Waals surface area contributed by atoms with Crippen LogP contribution in [0.2, 0.25) is 0 Å². The van der Waals surface area contributed by atoms with Gasteiger partial charge in [-0.3, -0.25) is 4.79 Å². The van der Waals surface area contributed by atoms with Crippen LogP contribution in [0.5, 0.6) is 0 Å². The van der Waals surface area contributed by atoms with Crippen LogP contribution in [-0.4, -0.2) is 46.5 Å². The number of nitrogens with zero attached hydrogens (tertiary/aromatic N) is 6. The fourth-order valence-electron chi connectivity index (χ4n) is 4.33. The first-order chi connectivity index (χ1) is 15.1. The molecule has 1 N–H and O–H groups in total. The molecule has 0 spiro atoms. The molecular weight excluding hydrogens is 397 g/mol. The van der Waals surface area contributed by atoms with Crippen molar-refractivity contribution in [1.82, 2.24) is 34.1 Å². The fourth-order valence-corrected chi connectivity index (χ4v) is 4.33. The number of imidazole rings is 1. The Hall–Kier alpha value is -4.01. The van der Waals surface area contributed by atoms with E-state index < -0.39 is 6.04 Å². The fraction of sp³-hybridized carbons (Fsp3) is 0.182. The average molecular weight is 415 g/mol. The van der Waals surface area contributed by atoms with Crippen LogP contribution < -0.4 is 0 Å². The Kier molecular flexibility index (Phi) is 3.73. The maximum atomic E-state index is 14.3. The van der Waals surface area contributed by atoms with Crippen molar-refractivity contribution in [2.24, 2.45) is 0 Å². The molecule has 1 aliphatic rings. The standard InChI is InChI=1S/C22H18FN7O/c1-13-4-5-18-14(10-26-30(18)11-13)22(31)28-8-6-16-20(25-12-24-16)21(28)17-9-19-15(23)3-2-7-29(19)27-17/h2-5,7,9-12,21H,6,8H2,1H3,(H,24,25)/t21-/m1/s1. The van der Waals surface area contributed by atoms with E-state index in [1.807, 2.05) is 25.3 Å². The molecule has 0 saturated heterocycles. The van der Waals surface area contributed by atoms with Gasteiger partial charge >= 0.3 is 0 Å². The number of nitrogens with one attached hydrogen (secondary N) is 1. The number of halogens is 1. The van der Waals surface area contributed by atoms with Crippen molar-refractivity contribution < 1.29 is 9.18 Å². The van der Waals surface area contributed by atoms with Crippen LogP contribution in [0.4, 0.5) is 4.39 Å². The van der Waals surface area contributed by atoms with E-state index >= 15 is 0 Å². The van der Waals surface area contributed by atoms with Crippen molar-refractivity contribution in [3.05, 3.63) is 89.3 Å². The highest BCUT2D eigenvalue weighted by atomic mass is 19.1. The molecule has 0 unspecified atom stereocenters. The molecule has 0 radical (unpaired) electrons. The average Bonchev–Trinajstić information content (AvgIpc) is 3.50. The van der Waals surface area contributed by atoms with Crippen LogP contribution in [0, 0.1) is 12.7 Å².